The van der Waals surface area contributed by atoms with E-state index in [2.05, 4.69) is 0 Å². The quantitative estimate of drug-likeness (QED) is 0.247. The van der Waals surface area contributed by atoms with Crippen LogP contribution in [0.3, 0.4) is 0 Å². The summed E-state index contributed by atoms with van der Waals surface area (Å²) in [6.45, 7) is 1.88. The third kappa shape index (κ3) is 4.02. The van der Waals surface area contributed by atoms with Gasteiger partial charge >= 0.3 is 0 Å². The minimum absolute atomic E-state index is 0.0471. The van der Waals surface area contributed by atoms with E-state index in [-0.39, 0.29) is 11.3 Å². The first-order valence-corrected chi connectivity index (χ1v) is 12.2. The van der Waals surface area contributed by atoms with Gasteiger partial charge in [-0.15, -0.1) is 0 Å². The van der Waals surface area contributed by atoms with Crippen molar-refractivity contribution in [1.29, 1.82) is 0 Å². The molecule has 6 nitrogen and oxygen atoms in total. The first-order chi connectivity index (χ1) is 18.5. The van der Waals surface area contributed by atoms with Crippen LogP contribution in [0, 0.1) is 6.92 Å². The first kappa shape index (κ1) is 23.3. The van der Waals surface area contributed by atoms with E-state index in [1.165, 1.54) is 4.90 Å². The number of carbonyl (C=O) groups excluding carboxylic acids is 2. The fourth-order valence-corrected chi connectivity index (χ4v) is 4.83. The molecule has 1 aromatic heterocycles. The van der Waals surface area contributed by atoms with E-state index in [0.29, 0.717) is 28.3 Å². The van der Waals surface area contributed by atoms with Gasteiger partial charge in [0.2, 0.25) is 5.78 Å². The summed E-state index contributed by atoms with van der Waals surface area (Å²) in [6, 6.07) is 31.9. The minimum Gasteiger partial charge on any atom is -0.503 e. The predicted octanol–water partition coefficient (Wildman–Crippen LogP) is 7.32. The van der Waals surface area contributed by atoms with E-state index in [4.69, 9.17) is 9.15 Å². The highest BCUT2D eigenvalue weighted by atomic mass is 16.5. The zero-order chi connectivity index (χ0) is 26.2. The standard InChI is InChI=1S/C32H23NO5/c1-20-10-5-7-16-25(20)33-29(22-12-9-15-24(18-22)37-23-13-3-2-4-14-23)28(31(35)32(33)36)30(34)27-19-21-11-6-8-17-26(21)38-27/h2-19,29,35H,1H3. The van der Waals surface area contributed by atoms with Crippen LogP contribution in [0.2, 0.25) is 0 Å². The van der Waals surface area contributed by atoms with E-state index < -0.39 is 23.5 Å². The number of aryl methyl sites for hydroxylation is 1. The molecular weight excluding hydrogens is 478 g/mol. The summed E-state index contributed by atoms with van der Waals surface area (Å²) in [4.78, 5) is 28.9. The molecule has 0 saturated carbocycles. The van der Waals surface area contributed by atoms with Crippen molar-refractivity contribution in [1.82, 2.24) is 0 Å². The monoisotopic (exact) mass is 501 g/mol. The molecule has 38 heavy (non-hydrogen) atoms. The smallest absolute Gasteiger partial charge is 0.294 e. The van der Waals surface area contributed by atoms with Gasteiger partial charge in [0.15, 0.2) is 11.5 Å². The van der Waals surface area contributed by atoms with Gasteiger partial charge in [0, 0.05) is 11.1 Å². The molecule has 0 fully saturated rings. The van der Waals surface area contributed by atoms with E-state index in [1.54, 1.807) is 36.4 Å². The molecule has 1 aliphatic rings. The Hall–Kier alpha value is -5.10. The molecule has 4 aromatic carbocycles. The van der Waals surface area contributed by atoms with Gasteiger partial charge in [0.1, 0.15) is 17.1 Å². The molecule has 1 N–H and O–H groups in total. The second-order valence-electron chi connectivity index (χ2n) is 9.09. The molecule has 6 rings (SSSR count). The topological polar surface area (TPSA) is 80.0 Å². The molecule has 6 heteroatoms. The Kier molecular flexibility index (Phi) is 5.77. The van der Waals surface area contributed by atoms with Crippen molar-refractivity contribution in [2.75, 3.05) is 4.90 Å². The Bertz CT molecular complexity index is 1680. The number of furan rings is 1. The summed E-state index contributed by atoms with van der Waals surface area (Å²) in [6.07, 6.45) is 0. The van der Waals surface area contributed by atoms with Crippen LogP contribution >= 0.6 is 0 Å². The lowest BCUT2D eigenvalue weighted by molar-refractivity contribution is -0.117. The zero-order valence-electron chi connectivity index (χ0n) is 20.5. The molecule has 1 amide bonds. The summed E-state index contributed by atoms with van der Waals surface area (Å²) in [7, 11) is 0. The lowest BCUT2D eigenvalue weighted by Gasteiger charge is -2.28. The van der Waals surface area contributed by atoms with E-state index >= 15 is 0 Å². The predicted molar refractivity (Wildman–Crippen MR) is 145 cm³/mol. The van der Waals surface area contributed by atoms with Crippen molar-refractivity contribution >= 4 is 28.3 Å². The van der Waals surface area contributed by atoms with Crippen LogP contribution in [0.25, 0.3) is 11.0 Å². The van der Waals surface area contributed by atoms with Crippen molar-refractivity contribution in [2.45, 2.75) is 13.0 Å². The molecular formula is C32H23NO5. The molecule has 0 radical (unpaired) electrons. The van der Waals surface area contributed by atoms with Crippen molar-refractivity contribution < 1.29 is 23.8 Å². The fourth-order valence-electron chi connectivity index (χ4n) is 4.83. The Balaban J connectivity index is 1.48. The maximum atomic E-state index is 13.9. The van der Waals surface area contributed by atoms with Gasteiger partial charge in [-0.3, -0.25) is 14.5 Å². The summed E-state index contributed by atoms with van der Waals surface area (Å²) >= 11 is 0. The molecule has 1 atom stereocenters. The van der Waals surface area contributed by atoms with Gasteiger partial charge in [0.25, 0.3) is 5.91 Å². The summed E-state index contributed by atoms with van der Waals surface area (Å²) < 4.78 is 11.9. The van der Waals surface area contributed by atoms with Gasteiger partial charge in [0.05, 0.1) is 11.6 Å². The normalized spacial score (nSPS) is 15.3. The average molecular weight is 502 g/mol. The van der Waals surface area contributed by atoms with Gasteiger partial charge in [-0.05, 0) is 60.5 Å². The molecule has 0 bridgehead atoms. The minimum atomic E-state index is -0.899. The second-order valence-corrected chi connectivity index (χ2v) is 9.09. The van der Waals surface area contributed by atoms with Crippen LogP contribution in [0.15, 0.2) is 125 Å². The Morgan fingerprint density at radius 3 is 2.34 bits per heavy atom. The van der Waals surface area contributed by atoms with Crippen molar-refractivity contribution in [3.63, 3.8) is 0 Å². The second kappa shape index (κ2) is 9.41. The Morgan fingerprint density at radius 1 is 0.842 bits per heavy atom. The highest BCUT2D eigenvalue weighted by Crippen LogP contribution is 2.44. The maximum absolute atomic E-state index is 13.9. The molecule has 2 heterocycles. The molecule has 186 valence electrons. The van der Waals surface area contributed by atoms with Crippen LogP contribution in [0.1, 0.15) is 27.7 Å². The number of anilines is 1. The largest absolute Gasteiger partial charge is 0.503 e. The summed E-state index contributed by atoms with van der Waals surface area (Å²) in [5, 5.41) is 11.9. The number of carbonyl (C=O) groups is 2. The maximum Gasteiger partial charge on any atom is 0.294 e. The number of hydrogen-bond acceptors (Lipinski definition) is 5. The molecule has 0 spiro atoms. The third-order valence-electron chi connectivity index (χ3n) is 6.63. The molecule has 0 aliphatic carbocycles. The molecule has 5 aromatic rings. The Morgan fingerprint density at radius 2 is 1.55 bits per heavy atom. The number of aliphatic hydroxyl groups is 1. The number of para-hydroxylation sites is 3. The summed E-state index contributed by atoms with van der Waals surface area (Å²) in [5.74, 6) is -0.569. The number of nitrogens with zero attached hydrogens (tertiary/aromatic N) is 1. The fraction of sp³-hybridized carbons (Fsp3) is 0.0625. The average Bonchev–Trinajstić information content (AvgIpc) is 3.48. The van der Waals surface area contributed by atoms with Crippen LogP contribution in [-0.4, -0.2) is 16.8 Å². The number of fused-ring (bicyclic) bond motifs is 1. The van der Waals surface area contributed by atoms with E-state index in [9.17, 15) is 14.7 Å². The van der Waals surface area contributed by atoms with Gasteiger partial charge in [-0.2, -0.15) is 0 Å². The van der Waals surface area contributed by atoms with Crippen LogP contribution < -0.4 is 9.64 Å². The first-order valence-electron chi connectivity index (χ1n) is 12.2. The number of amides is 1. The lowest BCUT2D eigenvalue weighted by Crippen LogP contribution is -2.31. The number of benzene rings is 4. The number of aliphatic hydroxyl groups excluding tert-OH is 1. The Labute approximate surface area is 219 Å². The molecule has 1 aliphatic heterocycles. The van der Waals surface area contributed by atoms with Crippen molar-refractivity contribution in [3.05, 3.63) is 137 Å². The highest BCUT2D eigenvalue weighted by Gasteiger charge is 2.45. The van der Waals surface area contributed by atoms with Crippen LogP contribution in [0.5, 0.6) is 11.5 Å². The SMILES string of the molecule is Cc1ccccc1N1C(=O)C(O)=C(C(=O)c2cc3ccccc3o2)C1c1cccc(Oc2ccccc2)c1. The van der Waals surface area contributed by atoms with Gasteiger partial charge < -0.3 is 14.3 Å². The number of hydrogen-bond donors (Lipinski definition) is 1. The van der Waals surface area contributed by atoms with Crippen LogP contribution in [0.4, 0.5) is 5.69 Å². The van der Waals surface area contributed by atoms with E-state index in [0.717, 1.165) is 10.9 Å². The highest BCUT2D eigenvalue weighted by molar-refractivity contribution is 6.20. The van der Waals surface area contributed by atoms with Gasteiger partial charge in [-0.1, -0.05) is 66.7 Å². The van der Waals surface area contributed by atoms with Crippen molar-refractivity contribution in [3.8, 4) is 11.5 Å². The molecule has 0 saturated heterocycles. The van der Waals surface area contributed by atoms with Gasteiger partial charge in [-0.25, -0.2) is 0 Å². The lowest BCUT2D eigenvalue weighted by atomic mass is 9.94. The summed E-state index contributed by atoms with van der Waals surface area (Å²) in [5.41, 5.74) is 2.53. The van der Waals surface area contributed by atoms with E-state index in [1.807, 2.05) is 79.7 Å². The van der Waals surface area contributed by atoms with Crippen molar-refractivity contribution in [2.24, 2.45) is 0 Å². The zero-order valence-corrected chi connectivity index (χ0v) is 20.5. The molecule has 1 unspecified atom stereocenters. The third-order valence-corrected chi connectivity index (χ3v) is 6.63. The number of rotatable bonds is 6. The van der Waals surface area contributed by atoms with Crippen LogP contribution in [-0.2, 0) is 4.79 Å². The number of Topliss-reactive ketones (excluding diaryl/α,β-unsaturated/α-hetero) is 1. The number of ether oxygens (including phenoxy) is 1. The number of ketones is 1.